The average molecular weight is 266 g/mol. The molecule has 0 saturated heterocycles. The van der Waals surface area contributed by atoms with E-state index >= 15 is 0 Å². The van der Waals surface area contributed by atoms with Crippen LogP contribution in [0.25, 0.3) is 0 Å². The van der Waals surface area contributed by atoms with Crippen LogP contribution >= 0.6 is 0 Å². The number of rotatable bonds is 3. The van der Waals surface area contributed by atoms with Crippen LogP contribution in [0.2, 0.25) is 0 Å². The van der Waals surface area contributed by atoms with Gasteiger partial charge in [0, 0.05) is 0 Å². The Hall–Kier alpha value is -2.29. The molecule has 0 amide bonds. The van der Waals surface area contributed by atoms with E-state index in [4.69, 9.17) is 9.73 Å². The third kappa shape index (κ3) is 2.39. The second-order valence-corrected chi connectivity index (χ2v) is 4.97. The molecule has 1 N–H and O–H groups in total. The Morgan fingerprint density at radius 1 is 0.950 bits per heavy atom. The van der Waals surface area contributed by atoms with E-state index in [9.17, 15) is 0 Å². The number of amidine groups is 1. The fourth-order valence-electron chi connectivity index (χ4n) is 2.62. The highest BCUT2D eigenvalue weighted by molar-refractivity contribution is 5.82. The quantitative estimate of drug-likeness (QED) is 0.922. The lowest BCUT2D eigenvalue weighted by Crippen LogP contribution is -2.22. The van der Waals surface area contributed by atoms with Crippen LogP contribution in [0.3, 0.4) is 0 Å². The minimum absolute atomic E-state index is 0.129. The van der Waals surface area contributed by atoms with Crippen molar-refractivity contribution in [2.75, 3.05) is 7.11 Å². The van der Waals surface area contributed by atoms with Gasteiger partial charge in [-0.05, 0) is 30.2 Å². The van der Waals surface area contributed by atoms with Crippen LogP contribution in [0.1, 0.15) is 30.1 Å². The highest BCUT2D eigenvalue weighted by atomic mass is 16.5. The number of nitrogens with one attached hydrogen (secondary N) is 1. The summed E-state index contributed by atoms with van der Waals surface area (Å²) in [5, 5.41) is 3.47. The Morgan fingerprint density at radius 3 is 2.30 bits per heavy atom. The van der Waals surface area contributed by atoms with Gasteiger partial charge in [0.25, 0.3) is 0 Å². The van der Waals surface area contributed by atoms with Crippen molar-refractivity contribution in [1.29, 1.82) is 0 Å². The lowest BCUT2D eigenvalue weighted by molar-refractivity contribution is 0.414. The summed E-state index contributed by atoms with van der Waals surface area (Å²) in [7, 11) is 1.68. The van der Waals surface area contributed by atoms with E-state index in [2.05, 4.69) is 41.7 Å². The molecule has 1 aliphatic heterocycles. The first-order valence-corrected chi connectivity index (χ1v) is 6.78. The Morgan fingerprint density at radius 2 is 1.65 bits per heavy atom. The van der Waals surface area contributed by atoms with Crippen molar-refractivity contribution in [3.05, 3.63) is 65.7 Å². The van der Waals surface area contributed by atoms with Crippen molar-refractivity contribution in [3.8, 4) is 5.75 Å². The van der Waals surface area contributed by atoms with Gasteiger partial charge in [-0.2, -0.15) is 0 Å². The van der Waals surface area contributed by atoms with Crippen LogP contribution in [-0.4, -0.2) is 12.9 Å². The first-order valence-electron chi connectivity index (χ1n) is 6.78. The number of hydrogen-bond donors (Lipinski definition) is 1. The molecule has 0 spiro atoms. The maximum absolute atomic E-state index is 5.22. The summed E-state index contributed by atoms with van der Waals surface area (Å²) < 4.78 is 5.22. The summed E-state index contributed by atoms with van der Waals surface area (Å²) in [5.74, 6) is 1.86. The summed E-state index contributed by atoms with van der Waals surface area (Å²) in [5.41, 5.74) is 2.46. The van der Waals surface area contributed by atoms with E-state index in [1.807, 2.05) is 25.1 Å². The van der Waals surface area contributed by atoms with Crippen LogP contribution in [0, 0.1) is 0 Å². The highest BCUT2D eigenvalue weighted by Crippen LogP contribution is 2.36. The maximum atomic E-state index is 5.22. The number of hydrogen-bond acceptors (Lipinski definition) is 3. The lowest BCUT2D eigenvalue weighted by Gasteiger charge is -2.19. The van der Waals surface area contributed by atoms with E-state index in [1.54, 1.807) is 7.11 Å². The van der Waals surface area contributed by atoms with Crippen LogP contribution in [0.4, 0.5) is 0 Å². The molecule has 0 radical (unpaired) electrons. The fraction of sp³-hybridized carbons (Fsp3) is 0.235. The largest absolute Gasteiger partial charge is 0.497 e. The molecule has 3 heteroatoms. The molecule has 2 aromatic rings. The number of methoxy groups -OCH3 is 1. The van der Waals surface area contributed by atoms with Gasteiger partial charge in [0.05, 0.1) is 19.0 Å². The van der Waals surface area contributed by atoms with Gasteiger partial charge in [0.1, 0.15) is 11.8 Å². The van der Waals surface area contributed by atoms with Gasteiger partial charge in [0.2, 0.25) is 0 Å². The summed E-state index contributed by atoms with van der Waals surface area (Å²) in [6.07, 6.45) is 0. The normalized spacial score (nSPS) is 21.2. The number of benzene rings is 2. The SMILES string of the molecule is COc1ccc(C2NC(C)=NC2c2ccccc2)cc1. The minimum Gasteiger partial charge on any atom is -0.497 e. The average Bonchev–Trinajstić information content (AvgIpc) is 2.90. The fourth-order valence-corrected chi connectivity index (χ4v) is 2.62. The maximum Gasteiger partial charge on any atom is 0.118 e. The third-order valence-electron chi connectivity index (χ3n) is 3.63. The molecule has 3 rings (SSSR count). The van der Waals surface area contributed by atoms with Crippen molar-refractivity contribution in [2.45, 2.75) is 19.0 Å². The predicted molar refractivity (Wildman–Crippen MR) is 81.2 cm³/mol. The molecule has 1 heterocycles. The van der Waals surface area contributed by atoms with Crippen molar-refractivity contribution in [3.63, 3.8) is 0 Å². The molecule has 2 atom stereocenters. The van der Waals surface area contributed by atoms with Gasteiger partial charge < -0.3 is 10.1 Å². The van der Waals surface area contributed by atoms with Gasteiger partial charge in [0.15, 0.2) is 0 Å². The molecule has 0 saturated carbocycles. The molecule has 0 aromatic heterocycles. The molecule has 2 aromatic carbocycles. The highest BCUT2D eigenvalue weighted by Gasteiger charge is 2.29. The Balaban J connectivity index is 1.92. The lowest BCUT2D eigenvalue weighted by atomic mass is 9.95. The second-order valence-electron chi connectivity index (χ2n) is 4.97. The molecule has 0 bridgehead atoms. The molecule has 102 valence electrons. The standard InChI is InChI=1S/C17H18N2O/c1-12-18-16(13-6-4-3-5-7-13)17(19-12)14-8-10-15(20-2)11-9-14/h3-11,16-17H,1-2H3,(H,18,19). The van der Waals surface area contributed by atoms with Crippen LogP contribution < -0.4 is 10.1 Å². The van der Waals surface area contributed by atoms with E-state index in [1.165, 1.54) is 11.1 Å². The van der Waals surface area contributed by atoms with E-state index in [0.29, 0.717) is 0 Å². The third-order valence-corrected chi connectivity index (χ3v) is 3.63. The predicted octanol–water partition coefficient (Wildman–Crippen LogP) is 3.50. The zero-order valence-corrected chi connectivity index (χ0v) is 11.7. The Labute approximate surface area is 119 Å². The van der Waals surface area contributed by atoms with Crippen molar-refractivity contribution < 1.29 is 4.74 Å². The van der Waals surface area contributed by atoms with E-state index < -0.39 is 0 Å². The van der Waals surface area contributed by atoms with Gasteiger partial charge in [-0.3, -0.25) is 4.99 Å². The number of aliphatic imine (C=N–C) groups is 1. The van der Waals surface area contributed by atoms with Crippen LogP contribution in [0.5, 0.6) is 5.75 Å². The molecule has 0 aliphatic carbocycles. The molecule has 2 unspecified atom stereocenters. The minimum atomic E-state index is 0.129. The van der Waals surface area contributed by atoms with Crippen LogP contribution in [0.15, 0.2) is 59.6 Å². The smallest absolute Gasteiger partial charge is 0.118 e. The van der Waals surface area contributed by atoms with E-state index in [0.717, 1.165) is 11.6 Å². The number of nitrogens with zero attached hydrogens (tertiary/aromatic N) is 1. The van der Waals surface area contributed by atoms with Crippen molar-refractivity contribution in [1.82, 2.24) is 5.32 Å². The van der Waals surface area contributed by atoms with Gasteiger partial charge in [-0.1, -0.05) is 42.5 Å². The zero-order valence-electron chi connectivity index (χ0n) is 11.7. The van der Waals surface area contributed by atoms with Crippen molar-refractivity contribution >= 4 is 5.84 Å². The second kappa shape index (κ2) is 5.37. The number of ether oxygens (including phenoxy) is 1. The molecular formula is C17H18N2O. The molecular weight excluding hydrogens is 248 g/mol. The van der Waals surface area contributed by atoms with Crippen LogP contribution in [-0.2, 0) is 0 Å². The van der Waals surface area contributed by atoms with Gasteiger partial charge in [-0.25, -0.2) is 0 Å². The summed E-state index contributed by atoms with van der Waals surface area (Å²) >= 11 is 0. The summed E-state index contributed by atoms with van der Waals surface area (Å²) in [4.78, 5) is 4.73. The Bertz CT molecular complexity index is 605. The van der Waals surface area contributed by atoms with Crippen molar-refractivity contribution in [2.24, 2.45) is 4.99 Å². The summed E-state index contributed by atoms with van der Waals surface area (Å²) in [6.45, 7) is 2.01. The zero-order chi connectivity index (χ0) is 13.9. The van der Waals surface area contributed by atoms with Gasteiger partial charge in [-0.15, -0.1) is 0 Å². The molecule has 1 aliphatic rings. The van der Waals surface area contributed by atoms with E-state index in [-0.39, 0.29) is 12.1 Å². The molecule has 20 heavy (non-hydrogen) atoms. The Kier molecular flexibility index (Phi) is 3.42. The first-order chi connectivity index (χ1) is 9.78. The molecule has 0 fully saturated rings. The molecule has 3 nitrogen and oxygen atoms in total. The summed E-state index contributed by atoms with van der Waals surface area (Å²) in [6, 6.07) is 18.9. The monoisotopic (exact) mass is 266 g/mol. The van der Waals surface area contributed by atoms with Gasteiger partial charge >= 0.3 is 0 Å². The topological polar surface area (TPSA) is 33.6 Å². The first kappa shape index (κ1) is 12.7.